The number of pyridine rings is 1. The van der Waals surface area contributed by atoms with Crippen molar-refractivity contribution in [1.29, 1.82) is 0 Å². The zero-order chi connectivity index (χ0) is 20.6. The summed E-state index contributed by atoms with van der Waals surface area (Å²) in [5.41, 5.74) is 2.28. The van der Waals surface area contributed by atoms with Crippen LogP contribution < -0.4 is 20.1 Å². The number of nitrogens with one attached hydrogen (secondary N) is 2. The lowest BCUT2D eigenvalue weighted by Gasteiger charge is -2.11. The quantitative estimate of drug-likeness (QED) is 0.607. The number of aromatic nitrogens is 1. The molecule has 3 rings (SSSR count). The molecule has 150 valence electrons. The van der Waals surface area contributed by atoms with Gasteiger partial charge in [0, 0.05) is 19.3 Å². The molecule has 0 aliphatic rings. The van der Waals surface area contributed by atoms with Crippen LogP contribution in [-0.2, 0) is 13.1 Å². The number of carbonyl (C=O) groups excluding carboxylic acids is 1. The van der Waals surface area contributed by atoms with E-state index >= 15 is 0 Å². The summed E-state index contributed by atoms with van der Waals surface area (Å²) in [6, 6.07) is 15.1. The second-order valence-corrected chi connectivity index (χ2v) is 6.28. The molecule has 0 unspecified atom stereocenters. The van der Waals surface area contributed by atoms with Crippen LogP contribution in [0, 0.1) is 5.82 Å². The zero-order valence-corrected chi connectivity index (χ0v) is 16.2. The number of hydrogen-bond donors (Lipinski definition) is 2. The summed E-state index contributed by atoms with van der Waals surface area (Å²) in [6.07, 6.45) is 1.51. The number of ether oxygens (including phenoxy) is 2. The predicted molar refractivity (Wildman–Crippen MR) is 109 cm³/mol. The number of anilines is 1. The molecule has 3 aromatic rings. The third-order valence-corrected chi connectivity index (χ3v) is 4.31. The molecule has 0 spiro atoms. The Morgan fingerprint density at radius 2 is 1.66 bits per heavy atom. The second kappa shape index (κ2) is 9.54. The first-order valence-corrected chi connectivity index (χ1v) is 9.02. The van der Waals surface area contributed by atoms with Crippen LogP contribution >= 0.6 is 0 Å². The van der Waals surface area contributed by atoms with Gasteiger partial charge in [-0.25, -0.2) is 9.37 Å². The summed E-state index contributed by atoms with van der Waals surface area (Å²) < 4.78 is 23.4. The molecule has 0 fully saturated rings. The summed E-state index contributed by atoms with van der Waals surface area (Å²) in [5, 5.41) is 5.99. The van der Waals surface area contributed by atoms with E-state index in [1.54, 1.807) is 44.6 Å². The second-order valence-electron chi connectivity index (χ2n) is 6.28. The van der Waals surface area contributed by atoms with Gasteiger partial charge in [-0.3, -0.25) is 4.79 Å². The van der Waals surface area contributed by atoms with Crippen molar-refractivity contribution in [3.63, 3.8) is 0 Å². The number of hydrogen-bond acceptors (Lipinski definition) is 5. The standard InChI is InChI=1S/C22H22FN3O3/c1-28-19-9-5-16(11-20(19)29-2)13-26-22(27)17-6-10-21(25-14-17)24-12-15-3-7-18(23)8-4-15/h3-11,14H,12-13H2,1-2H3,(H,24,25)(H,26,27). The molecule has 6 nitrogen and oxygen atoms in total. The highest BCUT2D eigenvalue weighted by Gasteiger charge is 2.08. The number of nitrogens with zero attached hydrogens (tertiary/aromatic N) is 1. The summed E-state index contributed by atoms with van der Waals surface area (Å²) in [5.74, 6) is 1.38. The average molecular weight is 395 g/mol. The summed E-state index contributed by atoms with van der Waals surface area (Å²) in [6.45, 7) is 0.863. The topological polar surface area (TPSA) is 72.5 Å². The monoisotopic (exact) mass is 395 g/mol. The fourth-order valence-corrected chi connectivity index (χ4v) is 2.70. The lowest BCUT2D eigenvalue weighted by molar-refractivity contribution is 0.0950. The molecule has 1 aromatic heterocycles. The van der Waals surface area contributed by atoms with Crippen molar-refractivity contribution in [1.82, 2.24) is 10.3 Å². The van der Waals surface area contributed by atoms with Gasteiger partial charge in [-0.05, 0) is 47.5 Å². The molecule has 0 saturated heterocycles. The molecule has 1 amide bonds. The van der Waals surface area contributed by atoms with Crippen LogP contribution in [0.15, 0.2) is 60.8 Å². The van der Waals surface area contributed by atoms with Crippen LogP contribution in [0.5, 0.6) is 11.5 Å². The maximum absolute atomic E-state index is 12.9. The Bertz CT molecular complexity index is 960. The van der Waals surface area contributed by atoms with Crippen molar-refractivity contribution in [2.75, 3.05) is 19.5 Å². The molecular weight excluding hydrogens is 373 g/mol. The SMILES string of the molecule is COc1ccc(CNC(=O)c2ccc(NCc3ccc(F)cc3)nc2)cc1OC. The van der Waals surface area contributed by atoms with Crippen LogP contribution in [0.25, 0.3) is 0 Å². The first kappa shape index (κ1) is 20.1. The number of halogens is 1. The summed E-state index contributed by atoms with van der Waals surface area (Å²) in [7, 11) is 3.14. The van der Waals surface area contributed by atoms with E-state index in [1.165, 1.54) is 18.3 Å². The molecule has 2 N–H and O–H groups in total. The molecular formula is C22H22FN3O3. The van der Waals surface area contributed by atoms with Crippen molar-refractivity contribution in [2.24, 2.45) is 0 Å². The van der Waals surface area contributed by atoms with Crippen LogP contribution in [-0.4, -0.2) is 25.1 Å². The summed E-state index contributed by atoms with van der Waals surface area (Å²) >= 11 is 0. The fourth-order valence-electron chi connectivity index (χ4n) is 2.70. The highest BCUT2D eigenvalue weighted by atomic mass is 19.1. The van der Waals surface area contributed by atoms with E-state index in [0.29, 0.717) is 36.0 Å². The lowest BCUT2D eigenvalue weighted by Crippen LogP contribution is -2.23. The van der Waals surface area contributed by atoms with Crippen molar-refractivity contribution in [3.05, 3.63) is 83.3 Å². The molecule has 0 saturated carbocycles. The van der Waals surface area contributed by atoms with Gasteiger partial charge >= 0.3 is 0 Å². The van der Waals surface area contributed by atoms with Crippen LogP contribution in [0.4, 0.5) is 10.2 Å². The molecule has 2 aromatic carbocycles. The van der Waals surface area contributed by atoms with Crippen LogP contribution in [0.1, 0.15) is 21.5 Å². The van der Waals surface area contributed by atoms with E-state index in [4.69, 9.17) is 9.47 Å². The van der Waals surface area contributed by atoms with Gasteiger partial charge in [0.2, 0.25) is 0 Å². The molecule has 0 aliphatic heterocycles. The Hall–Kier alpha value is -3.61. The third-order valence-electron chi connectivity index (χ3n) is 4.31. The van der Waals surface area contributed by atoms with Gasteiger partial charge < -0.3 is 20.1 Å². The van der Waals surface area contributed by atoms with Gasteiger partial charge in [0.25, 0.3) is 5.91 Å². The number of methoxy groups -OCH3 is 2. The van der Waals surface area contributed by atoms with E-state index in [9.17, 15) is 9.18 Å². The first-order chi connectivity index (χ1) is 14.1. The molecule has 0 aliphatic carbocycles. The van der Waals surface area contributed by atoms with Crippen molar-refractivity contribution in [3.8, 4) is 11.5 Å². The Labute approximate surface area is 168 Å². The Kier molecular flexibility index (Phi) is 6.63. The van der Waals surface area contributed by atoms with Crippen molar-refractivity contribution >= 4 is 11.7 Å². The van der Waals surface area contributed by atoms with E-state index in [0.717, 1.165) is 11.1 Å². The zero-order valence-electron chi connectivity index (χ0n) is 16.2. The van der Waals surface area contributed by atoms with Crippen molar-refractivity contribution < 1.29 is 18.7 Å². The van der Waals surface area contributed by atoms with E-state index in [-0.39, 0.29) is 11.7 Å². The maximum atomic E-state index is 12.9. The maximum Gasteiger partial charge on any atom is 0.253 e. The molecule has 7 heteroatoms. The molecule has 0 atom stereocenters. The summed E-state index contributed by atoms with van der Waals surface area (Å²) in [4.78, 5) is 16.6. The van der Waals surface area contributed by atoms with Gasteiger partial charge in [-0.15, -0.1) is 0 Å². The molecule has 29 heavy (non-hydrogen) atoms. The number of rotatable bonds is 8. The Balaban J connectivity index is 1.54. The van der Waals surface area contributed by atoms with E-state index in [2.05, 4.69) is 15.6 Å². The number of amides is 1. The number of benzene rings is 2. The molecule has 0 bridgehead atoms. The largest absolute Gasteiger partial charge is 0.493 e. The van der Waals surface area contributed by atoms with Crippen molar-refractivity contribution in [2.45, 2.75) is 13.1 Å². The third kappa shape index (κ3) is 5.44. The van der Waals surface area contributed by atoms with Gasteiger partial charge in [0.1, 0.15) is 11.6 Å². The highest BCUT2D eigenvalue weighted by Crippen LogP contribution is 2.27. The Morgan fingerprint density at radius 1 is 0.931 bits per heavy atom. The molecule has 0 radical (unpaired) electrons. The van der Waals surface area contributed by atoms with E-state index in [1.807, 2.05) is 12.1 Å². The highest BCUT2D eigenvalue weighted by molar-refractivity contribution is 5.94. The minimum atomic E-state index is -0.268. The predicted octanol–water partition coefficient (Wildman–Crippen LogP) is 3.78. The van der Waals surface area contributed by atoms with Gasteiger partial charge in [0.15, 0.2) is 11.5 Å². The van der Waals surface area contributed by atoms with Crippen LogP contribution in [0.3, 0.4) is 0 Å². The van der Waals surface area contributed by atoms with Gasteiger partial charge in [-0.2, -0.15) is 0 Å². The van der Waals surface area contributed by atoms with E-state index < -0.39 is 0 Å². The van der Waals surface area contributed by atoms with Gasteiger partial charge in [0.05, 0.1) is 19.8 Å². The fraction of sp³-hybridized carbons (Fsp3) is 0.182. The lowest BCUT2D eigenvalue weighted by atomic mass is 10.2. The normalized spacial score (nSPS) is 10.3. The Morgan fingerprint density at radius 3 is 2.31 bits per heavy atom. The average Bonchev–Trinajstić information content (AvgIpc) is 2.77. The molecule has 1 heterocycles. The number of carbonyl (C=O) groups is 1. The smallest absolute Gasteiger partial charge is 0.253 e. The van der Waals surface area contributed by atoms with Crippen LogP contribution in [0.2, 0.25) is 0 Å². The van der Waals surface area contributed by atoms with Gasteiger partial charge in [-0.1, -0.05) is 18.2 Å². The minimum Gasteiger partial charge on any atom is -0.493 e. The first-order valence-electron chi connectivity index (χ1n) is 9.02. The minimum absolute atomic E-state index is 0.225.